The number of hydrogen-bond acceptors (Lipinski definition) is 4. The molecular formula is C63H41N3OS. The fraction of sp³-hybridized carbons (Fsp3) is 0.0476. The van der Waals surface area contributed by atoms with Crippen LogP contribution in [0.2, 0.25) is 0 Å². The van der Waals surface area contributed by atoms with Crippen LogP contribution in [0.25, 0.3) is 108 Å². The van der Waals surface area contributed by atoms with Crippen LogP contribution in [0, 0.1) is 5.92 Å². The van der Waals surface area contributed by atoms with Crippen LogP contribution < -0.4 is 0 Å². The average molecular weight is 888 g/mol. The van der Waals surface area contributed by atoms with Gasteiger partial charge in [-0.05, 0) is 99.8 Å². The molecule has 1 unspecified atom stereocenters. The molecule has 0 spiro atoms. The molecule has 4 nitrogen and oxygen atoms in total. The maximum Gasteiger partial charge on any atom is 0.160 e. The summed E-state index contributed by atoms with van der Waals surface area (Å²) in [7, 11) is 0. The van der Waals surface area contributed by atoms with Gasteiger partial charge in [0.25, 0.3) is 0 Å². The van der Waals surface area contributed by atoms with E-state index in [4.69, 9.17) is 14.4 Å². The summed E-state index contributed by atoms with van der Waals surface area (Å²) in [4.78, 5) is 11.4. The van der Waals surface area contributed by atoms with Gasteiger partial charge in [-0.3, -0.25) is 0 Å². The van der Waals surface area contributed by atoms with Crippen LogP contribution in [-0.2, 0) is 0 Å². The van der Waals surface area contributed by atoms with Crippen LogP contribution in [0.3, 0.4) is 0 Å². The van der Waals surface area contributed by atoms with E-state index in [1.165, 1.54) is 69.1 Å². The van der Waals surface area contributed by atoms with E-state index in [0.29, 0.717) is 5.84 Å². The third kappa shape index (κ3) is 6.20. The van der Waals surface area contributed by atoms with Gasteiger partial charge in [0, 0.05) is 70.0 Å². The fourth-order valence-electron chi connectivity index (χ4n) is 10.7. The fourth-order valence-corrected chi connectivity index (χ4v) is 11.9. The highest BCUT2D eigenvalue weighted by atomic mass is 32.1. The van der Waals surface area contributed by atoms with E-state index < -0.39 is 0 Å². The normalized spacial score (nSPS) is 16.9. The largest absolute Gasteiger partial charge is 0.456 e. The Morgan fingerprint density at radius 2 is 1.19 bits per heavy atom. The number of aliphatic imine (C=N–C) groups is 2. The molecule has 3 aromatic heterocycles. The summed E-state index contributed by atoms with van der Waals surface area (Å²) in [6.07, 6.45) is 3.07. The molecule has 4 heterocycles. The number of benzene rings is 10. The van der Waals surface area contributed by atoms with E-state index in [2.05, 4.69) is 212 Å². The van der Waals surface area contributed by atoms with Gasteiger partial charge >= 0.3 is 0 Å². The Kier molecular flexibility index (Phi) is 8.77. The van der Waals surface area contributed by atoms with Gasteiger partial charge in [-0.2, -0.15) is 0 Å². The molecule has 320 valence electrons. The highest BCUT2D eigenvalue weighted by molar-refractivity contribution is 7.26. The second kappa shape index (κ2) is 15.3. The SMILES string of the molecule is CC1C/C=C(c2cccc(-c3ccccc3)c2)/N=C(c2ccc3c(c2)oc2ccccc23)\N=C/1c1cc(-n2c3cc4ccccc4cc3c3c4ccccc4ccc32)cc2sc3ccccc3c12. The van der Waals surface area contributed by atoms with Crippen LogP contribution in [0.4, 0.5) is 0 Å². The minimum absolute atomic E-state index is 0.0332. The Morgan fingerprint density at radius 3 is 2.07 bits per heavy atom. The minimum Gasteiger partial charge on any atom is -0.456 e. The number of allylic oxidation sites excluding steroid dienone is 1. The van der Waals surface area contributed by atoms with Gasteiger partial charge in [-0.25, -0.2) is 9.98 Å². The van der Waals surface area contributed by atoms with Crippen LogP contribution in [0.15, 0.2) is 227 Å². The summed E-state index contributed by atoms with van der Waals surface area (Å²) in [5.41, 5.74) is 12.5. The molecule has 0 saturated heterocycles. The first kappa shape index (κ1) is 38.8. The number of nitrogens with zero attached hydrogens (tertiary/aromatic N) is 3. The van der Waals surface area contributed by atoms with Crippen molar-refractivity contribution in [3.63, 3.8) is 0 Å². The molecule has 5 heteroatoms. The number of thiophene rings is 1. The van der Waals surface area contributed by atoms with Gasteiger partial charge < -0.3 is 8.98 Å². The van der Waals surface area contributed by atoms with Gasteiger partial charge in [0.15, 0.2) is 5.84 Å². The monoisotopic (exact) mass is 887 g/mol. The highest BCUT2D eigenvalue weighted by Gasteiger charge is 2.25. The summed E-state index contributed by atoms with van der Waals surface area (Å²) in [6, 6.07) is 74.5. The zero-order valence-electron chi connectivity index (χ0n) is 37.1. The number of amidine groups is 1. The molecule has 1 aliphatic heterocycles. The predicted octanol–water partition coefficient (Wildman–Crippen LogP) is 17.3. The molecule has 0 N–H and O–H groups in total. The van der Waals surface area contributed by atoms with Gasteiger partial charge in [0.1, 0.15) is 11.2 Å². The van der Waals surface area contributed by atoms with E-state index in [-0.39, 0.29) is 5.92 Å². The van der Waals surface area contributed by atoms with Crippen molar-refractivity contribution in [3.05, 3.63) is 229 Å². The second-order valence-corrected chi connectivity index (χ2v) is 19.2. The lowest BCUT2D eigenvalue weighted by atomic mass is 9.90. The molecule has 1 aliphatic rings. The molecule has 0 amide bonds. The highest BCUT2D eigenvalue weighted by Crippen LogP contribution is 2.44. The van der Waals surface area contributed by atoms with Gasteiger partial charge in [-0.1, -0.05) is 159 Å². The van der Waals surface area contributed by atoms with Gasteiger partial charge in [-0.15, -0.1) is 11.3 Å². The molecule has 14 rings (SSSR count). The van der Waals surface area contributed by atoms with Crippen molar-refractivity contribution in [3.8, 4) is 16.8 Å². The van der Waals surface area contributed by atoms with Crippen LogP contribution in [0.1, 0.15) is 30.0 Å². The third-order valence-electron chi connectivity index (χ3n) is 14.0. The maximum atomic E-state index is 6.51. The molecule has 10 aromatic carbocycles. The molecule has 0 aliphatic carbocycles. The van der Waals surface area contributed by atoms with E-state index in [1.54, 1.807) is 0 Å². The number of hydrogen-bond donors (Lipinski definition) is 0. The van der Waals surface area contributed by atoms with E-state index >= 15 is 0 Å². The molecule has 0 radical (unpaired) electrons. The van der Waals surface area contributed by atoms with Gasteiger partial charge in [0.2, 0.25) is 0 Å². The first-order chi connectivity index (χ1) is 33.6. The second-order valence-electron chi connectivity index (χ2n) is 18.1. The Hall–Kier alpha value is -8.38. The smallest absolute Gasteiger partial charge is 0.160 e. The van der Waals surface area contributed by atoms with E-state index in [0.717, 1.165) is 67.7 Å². The summed E-state index contributed by atoms with van der Waals surface area (Å²) in [5.74, 6) is 0.684. The topological polar surface area (TPSA) is 42.8 Å². The molecule has 13 aromatic rings. The maximum absolute atomic E-state index is 6.51. The van der Waals surface area contributed by atoms with Crippen molar-refractivity contribution < 1.29 is 4.42 Å². The molecular weight excluding hydrogens is 847 g/mol. The lowest BCUT2D eigenvalue weighted by molar-refractivity contribution is 0.669. The number of furan rings is 1. The van der Waals surface area contributed by atoms with Gasteiger partial charge in [0.05, 0.1) is 22.4 Å². The van der Waals surface area contributed by atoms with Crippen molar-refractivity contribution in [2.24, 2.45) is 15.9 Å². The summed E-state index contributed by atoms with van der Waals surface area (Å²) < 4.78 is 11.5. The minimum atomic E-state index is 0.0332. The number of para-hydroxylation sites is 1. The summed E-state index contributed by atoms with van der Waals surface area (Å²) in [6.45, 7) is 2.32. The van der Waals surface area contributed by atoms with Crippen molar-refractivity contribution in [2.75, 3.05) is 0 Å². The Morgan fingerprint density at radius 1 is 0.471 bits per heavy atom. The van der Waals surface area contributed by atoms with E-state index in [9.17, 15) is 0 Å². The van der Waals surface area contributed by atoms with Crippen LogP contribution in [-0.4, -0.2) is 16.1 Å². The number of rotatable bonds is 5. The molecule has 0 saturated carbocycles. The number of aromatic nitrogens is 1. The molecule has 0 bridgehead atoms. The van der Waals surface area contributed by atoms with Crippen molar-refractivity contribution in [1.29, 1.82) is 0 Å². The average Bonchev–Trinajstić information content (AvgIpc) is 4.06. The lowest BCUT2D eigenvalue weighted by Gasteiger charge is -2.21. The third-order valence-corrected chi connectivity index (χ3v) is 15.1. The van der Waals surface area contributed by atoms with Crippen molar-refractivity contribution >= 4 is 114 Å². The van der Waals surface area contributed by atoms with Crippen LogP contribution >= 0.6 is 11.3 Å². The van der Waals surface area contributed by atoms with E-state index in [1.807, 2.05) is 23.5 Å². The Bertz CT molecular complexity index is 4310. The standard InChI is InChI=1S/C63H41N3OS/c1-38-26-30-53(44-20-13-19-41(32-44)39-14-3-2-4-15-39)64-63(45-27-29-49-48-22-9-11-24-56(48)67-57(49)35-45)65-62(38)52-36-46(37-59-61(52)50-23-10-12-25-58(50)68-59)66-54-31-28-40-16-7-8-21-47(40)60(54)51-33-42-17-5-6-18-43(42)34-55(51)66/h2-25,27-38H,26H2,1H3/b53-30+,64-63-,65-62+. The molecule has 68 heavy (non-hydrogen) atoms. The molecule has 0 fully saturated rings. The zero-order chi connectivity index (χ0) is 44.9. The van der Waals surface area contributed by atoms with Crippen molar-refractivity contribution in [2.45, 2.75) is 13.3 Å². The Labute approximate surface area is 396 Å². The lowest BCUT2D eigenvalue weighted by Crippen LogP contribution is -2.18. The molecule has 1 atom stereocenters. The Balaban J connectivity index is 1.04. The first-order valence-corrected chi connectivity index (χ1v) is 24.2. The predicted molar refractivity (Wildman–Crippen MR) is 289 cm³/mol. The summed E-state index contributed by atoms with van der Waals surface area (Å²) in [5, 5.41) is 12.1. The summed E-state index contributed by atoms with van der Waals surface area (Å²) >= 11 is 1.85. The number of fused-ring (bicyclic) bond motifs is 12. The quantitative estimate of drug-likeness (QED) is 0.170. The van der Waals surface area contributed by atoms with Crippen molar-refractivity contribution in [1.82, 2.24) is 4.57 Å². The van der Waals surface area contributed by atoms with Crippen LogP contribution in [0.5, 0.6) is 0 Å². The first-order valence-electron chi connectivity index (χ1n) is 23.4. The zero-order valence-corrected chi connectivity index (χ0v) is 38.0.